The highest BCUT2D eigenvalue weighted by Gasteiger charge is 2.23. The summed E-state index contributed by atoms with van der Waals surface area (Å²) < 4.78 is 19.7. The highest BCUT2D eigenvalue weighted by molar-refractivity contribution is 6.33. The normalized spacial score (nSPS) is 14.3. The Bertz CT molecular complexity index is 1260. The minimum Gasteiger partial charge on any atom is -0.461 e. The highest BCUT2D eigenvalue weighted by atomic mass is 35.5. The number of anilines is 2. The molecule has 0 spiro atoms. The summed E-state index contributed by atoms with van der Waals surface area (Å²) in [4.78, 5) is 20.5. The lowest BCUT2D eigenvalue weighted by Gasteiger charge is -2.36. The quantitative estimate of drug-likeness (QED) is 0.502. The van der Waals surface area contributed by atoms with Crippen LogP contribution in [-0.4, -0.2) is 46.1 Å². The maximum absolute atomic E-state index is 14.3. The minimum atomic E-state index is -0.390. The number of aromatic amines is 1. The first-order valence-corrected chi connectivity index (χ1v) is 9.67. The second kappa shape index (κ2) is 7.31. The molecule has 5 rings (SSSR count). The van der Waals surface area contributed by atoms with Crippen molar-refractivity contribution in [3.05, 3.63) is 53.1 Å². The Morgan fingerprint density at radius 3 is 2.60 bits per heavy atom. The van der Waals surface area contributed by atoms with Gasteiger partial charge in [0.15, 0.2) is 22.4 Å². The Morgan fingerprint density at radius 1 is 1.10 bits per heavy atom. The molecule has 0 amide bonds. The first-order chi connectivity index (χ1) is 14.6. The van der Waals surface area contributed by atoms with Gasteiger partial charge in [-0.3, -0.25) is 0 Å². The molecule has 1 fully saturated rings. The lowest BCUT2D eigenvalue weighted by molar-refractivity contribution is 0.577. The monoisotopic (exact) mass is 423 g/mol. The van der Waals surface area contributed by atoms with Crippen molar-refractivity contribution < 1.29 is 8.81 Å². The van der Waals surface area contributed by atoms with Gasteiger partial charge in [0.1, 0.15) is 11.3 Å². The predicted octanol–water partition coefficient (Wildman–Crippen LogP) is 3.60. The summed E-state index contributed by atoms with van der Waals surface area (Å²) in [6, 6.07) is 10.00. The van der Waals surface area contributed by atoms with Crippen LogP contribution in [0.2, 0.25) is 5.15 Å². The number of nitriles is 1. The van der Waals surface area contributed by atoms with Gasteiger partial charge in [-0.15, -0.1) is 0 Å². The molecule has 1 N–H and O–H groups in total. The van der Waals surface area contributed by atoms with Crippen molar-refractivity contribution in [3.8, 4) is 17.7 Å². The molecule has 1 aromatic carbocycles. The van der Waals surface area contributed by atoms with E-state index in [0.29, 0.717) is 66.1 Å². The number of H-pyrrole nitrogens is 1. The number of imidazole rings is 1. The van der Waals surface area contributed by atoms with Crippen LogP contribution in [-0.2, 0) is 0 Å². The fourth-order valence-corrected chi connectivity index (χ4v) is 3.72. The Morgan fingerprint density at radius 2 is 1.90 bits per heavy atom. The van der Waals surface area contributed by atoms with Crippen LogP contribution in [0.4, 0.5) is 16.0 Å². The smallest absolute Gasteiger partial charge is 0.205 e. The maximum Gasteiger partial charge on any atom is 0.205 e. The Balaban J connectivity index is 1.36. The molecule has 0 unspecified atom stereocenters. The van der Waals surface area contributed by atoms with Crippen LogP contribution in [0.3, 0.4) is 0 Å². The summed E-state index contributed by atoms with van der Waals surface area (Å²) in [5.74, 6) is 1.13. The van der Waals surface area contributed by atoms with Gasteiger partial charge in [-0.1, -0.05) is 11.6 Å². The molecule has 0 atom stereocenters. The van der Waals surface area contributed by atoms with E-state index in [9.17, 15) is 4.39 Å². The molecule has 4 heterocycles. The first-order valence-electron chi connectivity index (χ1n) is 9.29. The van der Waals surface area contributed by atoms with Crippen molar-refractivity contribution in [1.82, 2.24) is 19.9 Å². The number of aromatic nitrogens is 4. The van der Waals surface area contributed by atoms with Gasteiger partial charge in [-0.25, -0.2) is 14.4 Å². The first kappa shape index (κ1) is 18.4. The number of nitrogens with zero attached hydrogens (tertiary/aromatic N) is 6. The Hall–Kier alpha value is -3.64. The third kappa shape index (κ3) is 3.21. The Labute approximate surface area is 175 Å². The molecule has 4 aromatic rings. The van der Waals surface area contributed by atoms with Gasteiger partial charge < -0.3 is 19.2 Å². The largest absolute Gasteiger partial charge is 0.461 e. The number of furan rings is 1. The topological polar surface area (TPSA) is 97.9 Å². The summed E-state index contributed by atoms with van der Waals surface area (Å²) >= 11 is 6.32. The molecule has 1 saturated heterocycles. The number of benzene rings is 1. The average molecular weight is 424 g/mol. The van der Waals surface area contributed by atoms with E-state index >= 15 is 0 Å². The molecule has 0 radical (unpaired) electrons. The van der Waals surface area contributed by atoms with Crippen molar-refractivity contribution in [1.29, 1.82) is 5.26 Å². The van der Waals surface area contributed by atoms with E-state index in [1.54, 1.807) is 30.5 Å². The fourth-order valence-electron chi connectivity index (χ4n) is 3.51. The molecule has 1 aliphatic heterocycles. The zero-order valence-electron chi connectivity index (χ0n) is 15.6. The van der Waals surface area contributed by atoms with Crippen molar-refractivity contribution in [3.63, 3.8) is 0 Å². The molecule has 0 aliphatic carbocycles. The van der Waals surface area contributed by atoms with E-state index in [1.165, 1.54) is 6.07 Å². The van der Waals surface area contributed by atoms with Crippen molar-refractivity contribution in [2.45, 2.75) is 0 Å². The number of halogens is 2. The van der Waals surface area contributed by atoms with Crippen molar-refractivity contribution in [2.24, 2.45) is 0 Å². The SMILES string of the molecule is N#Cc1ccc(N2CCN(c3nc4nc(-c5ccco5)nc(Cl)c4[nH]3)CC2)c(F)c1. The van der Waals surface area contributed by atoms with Crippen LogP contribution < -0.4 is 9.80 Å². The van der Waals surface area contributed by atoms with E-state index in [4.69, 9.17) is 21.3 Å². The van der Waals surface area contributed by atoms with Crippen molar-refractivity contribution >= 4 is 34.4 Å². The van der Waals surface area contributed by atoms with E-state index < -0.39 is 5.82 Å². The number of hydrogen-bond acceptors (Lipinski definition) is 7. The van der Waals surface area contributed by atoms with Gasteiger partial charge in [0.05, 0.1) is 23.6 Å². The molecule has 8 nitrogen and oxygen atoms in total. The molecule has 3 aromatic heterocycles. The number of hydrogen-bond donors (Lipinski definition) is 1. The van der Waals surface area contributed by atoms with E-state index in [0.717, 1.165) is 0 Å². The Kier molecular flexibility index (Phi) is 4.48. The summed E-state index contributed by atoms with van der Waals surface area (Å²) in [6.07, 6.45) is 1.54. The standard InChI is InChI=1S/C20H15ClFN7O/c21-17-16-19(26-18(25-17)15-2-1-9-30-15)27-20(24-16)29-7-5-28(6-8-29)14-4-3-12(11-23)10-13(14)22/h1-4,9-10H,5-8H2,(H,24,25,26,27). The van der Waals surface area contributed by atoms with Gasteiger partial charge in [0.2, 0.25) is 5.95 Å². The molecule has 10 heteroatoms. The minimum absolute atomic E-state index is 0.267. The van der Waals surface area contributed by atoms with Crippen molar-refractivity contribution in [2.75, 3.05) is 36.0 Å². The van der Waals surface area contributed by atoms with Gasteiger partial charge in [-0.05, 0) is 30.3 Å². The zero-order valence-corrected chi connectivity index (χ0v) is 16.4. The van der Waals surface area contributed by atoms with Gasteiger partial charge in [0.25, 0.3) is 0 Å². The van der Waals surface area contributed by atoms with E-state index in [1.807, 2.05) is 11.0 Å². The average Bonchev–Trinajstić information content (AvgIpc) is 3.44. The zero-order chi connectivity index (χ0) is 20.7. The lowest BCUT2D eigenvalue weighted by Crippen LogP contribution is -2.47. The number of nitrogens with one attached hydrogen (secondary N) is 1. The molecular weight excluding hydrogens is 409 g/mol. The maximum atomic E-state index is 14.3. The molecule has 150 valence electrons. The summed E-state index contributed by atoms with van der Waals surface area (Å²) in [6.45, 7) is 2.48. The molecule has 1 aliphatic rings. The van der Waals surface area contributed by atoms with Crippen LogP contribution >= 0.6 is 11.6 Å². The van der Waals surface area contributed by atoms with Crippen LogP contribution in [0.5, 0.6) is 0 Å². The highest BCUT2D eigenvalue weighted by Crippen LogP contribution is 2.27. The second-order valence-corrected chi connectivity index (χ2v) is 7.18. The molecule has 0 bridgehead atoms. The third-order valence-corrected chi connectivity index (χ3v) is 5.31. The molecular formula is C20H15ClFN7O. The van der Waals surface area contributed by atoms with E-state index in [-0.39, 0.29) is 5.15 Å². The summed E-state index contributed by atoms with van der Waals surface area (Å²) in [5, 5.41) is 9.17. The van der Waals surface area contributed by atoms with Gasteiger partial charge >= 0.3 is 0 Å². The molecule has 0 saturated carbocycles. The summed E-state index contributed by atoms with van der Waals surface area (Å²) in [7, 11) is 0. The predicted molar refractivity (Wildman–Crippen MR) is 110 cm³/mol. The lowest BCUT2D eigenvalue weighted by atomic mass is 10.2. The van der Waals surface area contributed by atoms with Crippen LogP contribution in [0.1, 0.15) is 5.56 Å². The third-order valence-electron chi connectivity index (χ3n) is 5.03. The number of fused-ring (bicyclic) bond motifs is 1. The molecule has 30 heavy (non-hydrogen) atoms. The van der Waals surface area contributed by atoms with Crippen LogP contribution in [0, 0.1) is 17.1 Å². The van der Waals surface area contributed by atoms with Crippen LogP contribution in [0.25, 0.3) is 22.7 Å². The van der Waals surface area contributed by atoms with E-state index in [2.05, 4.69) is 24.8 Å². The van der Waals surface area contributed by atoms with Gasteiger partial charge in [-0.2, -0.15) is 10.2 Å². The van der Waals surface area contributed by atoms with Crippen LogP contribution in [0.15, 0.2) is 41.0 Å². The summed E-state index contributed by atoms with van der Waals surface area (Å²) in [5.41, 5.74) is 1.82. The fraction of sp³-hybridized carbons (Fsp3) is 0.200. The van der Waals surface area contributed by atoms with Gasteiger partial charge in [0, 0.05) is 26.2 Å². The number of rotatable bonds is 3. The second-order valence-electron chi connectivity index (χ2n) is 6.83. The number of piperazine rings is 1.